The number of hydrogen-bond donors (Lipinski definition) is 0. The minimum absolute atomic E-state index is 0.298. The molecule has 58 valence electrons. The molecule has 2 rings (SSSR count). The molecule has 0 amide bonds. The molecule has 0 unspecified atom stereocenters. The van der Waals surface area contributed by atoms with Crippen molar-refractivity contribution in [2.45, 2.75) is 26.7 Å². The van der Waals surface area contributed by atoms with Gasteiger partial charge in [0, 0.05) is 5.41 Å². The highest BCUT2D eigenvalue weighted by Gasteiger charge is 2.27. The van der Waals surface area contributed by atoms with E-state index in [0.29, 0.717) is 5.41 Å². The van der Waals surface area contributed by atoms with E-state index in [1.54, 1.807) is 0 Å². The van der Waals surface area contributed by atoms with Gasteiger partial charge in [-0.3, -0.25) is 0 Å². The maximum Gasteiger partial charge on any atom is 0.00812 e. The first-order valence-corrected chi connectivity index (χ1v) is 4.30. The van der Waals surface area contributed by atoms with Crippen molar-refractivity contribution in [3.63, 3.8) is 0 Å². The minimum atomic E-state index is 0.298. The van der Waals surface area contributed by atoms with E-state index in [1.165, 1.54) is 24.0 Å². The van der Waals surface area contributed by atoms with Crippen LogP contribution in [0.4, 0.5) is 0 Å². The van der Waals surface area contributed by atoms with E-state index in [1.807, 2.05) is 0 Å². The van der Waals surface area contributed by atoms with Crippen molar-refractivity contribution < 1.29 is 0 Å². The number of hydrogen-bond acceptors (Lipinski definition) is 0. The molecule has 0 aliphatic heterocycles. The second-order valence-corrected chi connectivity index (χ2v) is 3.91. The average molecular weight is 146 g/mol. The Hall–Kier alpha value is -0.780. The van der Waals surface area contributed by atoms with Crippen molar-refractivity contribution in [1.82, 2.24) is 0 Å². The Kier molecular flexibility index (Phi) is 1.32. The van der Waals surface area contributed by atoms with E-state index >= 15 is 0 Å². The second-order valence-electron chi connectivity index (χ2n) is 3.91. The molecule has 2 aliphatic carbocycles. The zero-order valence-electron chi connectivity index (χ0n) is 7.22. The molecule has 0 atom stereocenters. The van der Waals surface area contributed by atoms with Gasteiger partial charge in [-0.1, -0.05) is 38.2 Å². The van der Waals surface area contributed by atoms with Gasteiger partial charge in [-0.05, 0) is 24.0 Å². The first-order valence-electron chi connectivity index (χ1n) is 4.30. The molecule has 0 heteroatoms. The van der Waals surface area contributed by atoms with Crippen molar-refractivity contribution in [1.29, 1.82) is 0 Å². The molecule has 0 nitrogen and oxygen atoms in total. The zero-order valence-corrected chi connectivity index (χ0v) is 7.22. The Balaban J connectivity index is 2.45. The van der Waals surface area contributed by atoms with Gasteiger partial charge in [0.2, 0.25) is 0 Å². The molecule has 0 saturated heterocycles. The first kappa shape index (κ1) is 6.90. The van der Waals surface area contributed by atoms with Crippen LogP contribution in [0.1, 0.15) is 26.7 Å². The van der Waals surface area contributed by atoms with Gasteiger partial charge in [0.1, 0.15) is 0 Å². The van der Waals surface area contributed by atoms with Crippen LogP contribution in [-0.4, -0.2) is 0 Å². The molecule has 0 bridgehead atoms. The van der Waals surface area contributed by atoms with Crippen molar-refractivity contribution in [2.75, 3.05) is 0 Å². The third-order valence-electron chi connectivity index (χ3n) is 2.56. The van der Waals surface area contributed by atoms with Crippen molar-refractivity contribution >= 4 is 0 Å². The van der Waals surface area contributed by atoms with E-state index in [2.05, 4.69) is 38.2 Å². The van der Waals surface area contributed by atoms with E-state index < -0.39 is 0 Å². The fourth-order valence-corrected chi connectivity index (χ4v) is 1.88. The molecule has 0 fully saturated rings. The molecular formula is C11H14. The van der Waals surface area contributed by atoms with Gasteiger partial charge in [-0.25, -0.2) is 0 Å². The number of rotatable bonds is 0. The summed E-state index contributed by atoms with van der Waals surface area (Å²) in [5, 5.41) is 0. The molecule has 0 radical (unpaired) electrons. The van der Waals surface area contributed by atoms with Crippen LogP contribution in [0.5, 0.6) is 0 Å². The molecule has 0 aromatic rings. The summed E-state index contributed by atoms with van der Waals surface area (Å²) in [7, 11) is 0. The average Bonchev–Trinajstić information content (AvgIpc) is 2.29. The van der Waals surface area contributed by atoms with E-state index in [4.69, 9.17) is 0 Å². The predicted octanol–water partition coefficient (Wildman–Crippen LogP) is 3.23. The van der Waals surface area contributed by atoms with Gasteiger partial charge >= 0.3 is 0 Å². The van der Waals surface area contributed by atoms with E-state index in [-0.39, 0.29) is 0 Å². The lowest BCUT2D eigenvalue weighted by Crippen LogP contribution is -2.08. The topological polar surface area (TPSA) is 0 Å². The Bertz CT molecular complexity index is 262. The van der Waals surface area contributed by atoms with Crippen LogP contribution >= 0.6 is 0 Å². The van der Waals surface area contributed by atoms with Crippen LogP contribution in [0.25, 0.3) is 0 Å². The van der Waals surface area contributed by atoms with Crippen molar-refractivity contribution in [3.8, 4) is 0 Å². The molecule has 0 N–H and O–H groups in total. The lowest BCUT2D eigenvalue weighted by Gasteiger charge is -2.21. The molecule has 0 aromatic heterocycles. The summed E-state index contributed by atoms with van der Waals surface area (Å²) in [5.41, 5.74) is 3.29. The molecule has 0 aromatic carbocycles. The lowest BCUT2D eigenvalue weighted by molar-refractivity contribution is 0.599. The fraction of sp³-hybridized carbons (Fsp3) is 0.455. The summed E-state index contributed by atoms with van der Waals surface area (Å²) in [4.78, 5) is 0. The smallest absolute Gasteiger partial charge is 0.00812 e. The highest BCUT2D eigenvalue weighted by Crippen LogP contribution is 2.41. The van der Waals surface area contributed by atoms with Crippen LogP contribution in [0.15, 0.2) is 35.5 Å². The second kappa shape index (κ2) is 2.10. The van der Waals surface area contributed by atoms with Gasteiger partial charge in [0.15, 0.2) is 0 Å². The van der Waals surface area contributed by atoms with Gasteiger partial charge in [-0.15, -0.1) is 0 Å². The fourth-order valence-electron chi connectivity index (χ4n) is 1.88. The SMILES string of the molecule is CC1(C)C=CC2=CCCC=C21. The highest BCUT2D eigenvalue weighted by atomic mass is 14.3. The first-order chi connectivity index (χ1) is 5.20. The van der Waals surface area contributed by atoms with Gasteiger partial charge in [0.05, 0.1) is 0 Å². The third kappa shape index (κ3) is 0.973. The summed E-state index contributed by atoms with van der Waals surface area (Å²) in [6.45, 7) is 4.56. The molecule has 0 spiro atoms. The highest BCUT2D eigenvalue weighted by molar-refractivity contribution is 5.52. The minimum Gasteiger partial charge on any atom is -0.0796 e. The quantitative estimate of drug-likeness (QED) is 0.492. The van der Waals surface area contributed by atoms with Crippen molar-refractivity contribution in [2.24, 2.45) is 5.41 Å². The Morgan fingerprint density at radius 1 is 1.18 bits per heavy atom. The molecule has 11 heavy (non-hydrogen) atoms. The monoisotopic (exact) mass is 146 g/mol. The normalized spacial score (nSPS) is 26.0. The number of fused-ring (bicyclic) bond motifs is 1. The Labute approximate surface area is 68.3 Å². The van der Waals surface area contributed by atoms with Gasteiger partial charge < -0.3 is 0 Å². The zero-order chi connectivity index (χ0) is 7.90. The number of allylic oxidation sites excluding steroid dienone is 6. The summed E-state index contributed by atoms with van der Waals surface area (Å²) < 4.78 is 0. The molecular weight excluding hydrogens is 132 g/mol. The van der Waals surface area contributed by atoms with E-state index in [0.717, 1.165) is 0 Å². The Morgan fingerprint density at radius 2 is 1.91 bits per heavy atom. The molecule has 0 heterocycles. The van der Waals surface area contributed by atoms with E-state index in [9.17, 15) is 0 Å². The van der Waals surface area contributed by atoms with Crippen LogP contribution in [-0.2, 0) is 0 Å². The summed E-state index contributed by atoms with van der Waals surface area (Å²) in [6.07, 6.45) is 11.7. The Morgan fingerprint density at radius 3 is 2.64 bits per heavy atom. The van der Waals surface area contributed by atoms with Crippen molar-refractivity contribution in [3.05, 3.63) is 35.5 Å². The standard InChI is InChI=1S/C11H14/c1-11(2)8-7-9-5-3-4-6-10(9)11/h5-8H,3-4H2,1-2H3. The lowest BCUT2D eigenvalue weighted by atomic mass is 9.83. The largest absolute Gasteiger partial charge is 0.0796 e. The van der Waals surface area contributed by atoms with Gasteiger partial charge in [-0.2, -0.15) is 0 Å². The van der Waals surface area contributed by atoms with Crippen LogP contribution < -0.4 is 0 Å². The molecule has 0 saturated carbocycles. The van der Waals surface area contributed by atoms with Crippen LogP contribution in [0.3, 0.4) is 0 Å². The summed E-state index contributed by atoms with van der Waals surface area (Å²) in [6, 6.07) is 0. The van der Waals surface area contributed by atoms with Crippen LogP contribution in [0.2, 0.25) is 0 Å². The summed E-state index contributed by atoms with van der Waals surface area (Å²) >= 11 is 0. The predicted molar refractivity (Wildman–Crippen MR) is 48.3 cm³/mol. The maximum atomic E-state index is 2.38. The third-order valence-corrected chi connectivity index (χ3v) is 2.56. The maximum absolute atomic E-state index is 2.38. The van der Waals surface area contributed by atoms with Gasteiger partial charge in [0.25, 0.3) is 0 Å². The molecule has 2 aliphatic rings. The summed E-state index contributed by atoms with van der Waals surface area (Å²) in [5.74, 6) is 0. The van der Waals surface area contributed by atoms with Crippen LogP contribution in [0, 0.1) is 5.41 Å².